The second-order valence-electron chi connectivity index (χ2n) is 3.05. The predicted octanol–water partition coefficient (Wildman–Crippen LogP) is 2.47. The first-order valence-electron chi connectivity index (χ1n) is 4.53. The molecule has 0 saturated carbocycles. The van der Waals surface area contributed by atoms with E-state index in [9.17, 15) is 4.79 Å². The summed E-state index contributed by atoms with van der Waals surface area (Å²) in [6.07, 6.45) is 0. The van der Waals surface area contributed by atoms with Gasteiger partial charge in [-0.05, 0) is 41.1 Å². The van der Waals surface area contributed by atoms with Crippen molar-refractivity contribution in [2.45, 2.75) is 6.92 Å². The number of anilines is 1. The van der Waals surface area contributed by atoms with E-state index in [1.165, 1.54) is 6.92 Å². The summed E-state index contributed by atoms with van der Waals surface area (Å²) in [6.45, 7) is 1.47. The van der Waals surface area contributed by atoms with Crippen LogP contribution in [0.25, 0.3) is 0 Å². The first-order valence-corrected chi connectivity index (χ1v) is 5.32. The Morgan fingerprint density at radius 1 is 1.41 bits per heavy atom. The lowest BCUT2D eigenvalue weighted by Crippen LogP contribution is -1.98. The molecule has 0 aliphatic rings. The monoisotopic (exact) mass is 290 g/mol. The Bertz CT molecular complexity index is 550. The number of hydrogen-bond donors (Lipinski definition) is 1. The van der Waals surface area contributed by atoms with Gasteiger partial charge >= 0.3 is 0 Å². The highest BCUT2D eigenvalue weighted by Crippen LogP contribution is 2.21. The van der Waals surface area contributed by atoms with Crippen LogP contribution in [0.2, 0.25) is 0 Å². The second kappa shape index (κ2) is 5.78. The fourth-order valence-corrected chi connectivity index (χ4v) is 1.72. The Balaban J connectivity index is 2.94. The minimum absolute atomic E-state index is 0.0540. The Labute approximate surface area is 106 Å². The molecule has 0 radical (unpaired) electrons. The molecule has 1 N–H and O–H groups in total. The summed E-state index contributed by atoms with van der Waals surface area (Å²) in [7, 11) is 0. The average Bonchev–Trinajstić information content (AvgIpc) is 2.30. The highest BCUT2D eigenvalue weighted by Gasteiger charge is 2.05. The highest BCUT2D eigenvalue weighted by molar-refractivity contribution is 9.10. The van der Waals surface area contributed by atoms with Crippen molar-refractivity contribution in [3.05, 3.63) is 28.2 Å². The fourth-order valence-electron chi connectivity index (χ4n) is 1.07. The first-order chi connectivity index (χ1) is 8.08. The standard InChI is InChI=1S/C11H7BrN4O/c1-7(17)10-3-2-8(4-11(10)12)15-16-9(5-13)6-14/h2-4,15H,1H3. The zero-order chi connectivity index (χ0) is 12.8. The number of carbonyl (C=O) groups is 1. The van der Waals surface area contributed by atoms with Crippen molar-refractivity contribution in [2.24, 2.45) is 5.10 Å². The number of Topliss-reactive ketones (excluding diaryl/α,β-unsaturated/α-hetero) is 1. The number of nitrogens with zero attached hydrogens (tertiary/aromatic N) is 3. The zero-order valence-electron chi connectivity index (χ0n) is 8.86. The van der Waals surface area contributed by atoms with Crippen molar-refractivity contribution >= 4 is 33.1 Å². The third-order valence-corrected chi connectivity index (χ3v) is 2.51. The number of ketones is 1. The molecular weight excluding hydrogens is 284 g/mol. The summed E-state index contributed by atoms with van der Waals surface area (Å²) in [5.41, 5.74) is 3.42. The van der Waals surface area contributed by atoms with Crippen LogP contribution in [0.4, 0.5) is 5.69 Å². The van der Waals surface area contributed by atoms with Gasteiger partial charge < -0.3 is 0 Å². The third kappa shape index (κ3) is 3.40. The van der Waals surface area contributed by atoms with Crippen LogP contribution in [0.15, 0.2) is 27.8 Å². The van der Waals surface area contributed by atoms with Gasteiger partial charge in [0.2, 0.25) is 5.71 Å². The van der Waals surface area contributed by atoms with Crippen molar-refractivity contribution in [2.75, 3.05) is 5.43 Å². The van der Waals surface area contributed by atoms with Gasteiger partial charge in [0.05, 0.1) is 5.69 Å². The number of nitriles is 2. The maximum absolute atomic E-state index is 11.2. The Hall–Kier alpha value is -2.18. The number of hydrogen-bond acceptors (Lipinski definition) is 5. The largest absolute Gasteiger partial charge is 0.294 e. The van der Waals surface area contributed by atoms with E-state index in [2.05, 4.69) is 26.5 Å². The average molecular weight is 291 g/mol. The predicted molar refractivity (Wildman–Crippen MR) is 66.4 cm³/mol. The van der Waals surface area contributed by atoms with Gasteiger partial charge in [0.25, 0.3) is 0 Å². The van der Waals surface area contributed by atoms with Gasteiger partial charge in [-0.15, -0.1) is 0 Å². The lowest BCUT2D eigenvalue weighted by atomic mass is 10.1. The maximum atomic E-state index is 11.2. The molecule has 0 bridgehead atoms. The molecular formula is C11H7BrN4O. The number of carbonyl (C=O) groups excluding carboxylic acids is 1. The number of hydrazone groups is 1. The molecule has 0 aliphatic carbocycles. The molecule has 0 spiro atoms. The maximum Gasteiger partial charge on any atom is 0.237 e. The van der Waals surface area contributed by atoms with Crippen LogP contribution in [0.3, 0.4) is 0 Å². The molecule has 1 rings (SSSR count). The zero-order valence-corrected chi connectivity index (χ0v) is 10.4. The van der Waals surface area contributed by atoms with E-state index in [0.29, 0.717) is 15.7 Å². The van der Waals surface area contributed by atoms with Crippen LogP contribution in [0.5, 0.6) is 0 Å². The molecule has 0 fully saturated rings. The van der Waals surface area contributed by atoms with Gasteiger partial charge in [-0.1, -0.05) is 0 Å². The summed E-state index contributed by atoms with van der Waals surface area (Å²) >= 11 is 3.25. The van der Waals surface area contributed by atoms with Gasteiger partial charge in [0, 0.05) is 10.0 Å². The molecule has 0 aliphatic heterocycles. The number of halogens is 1. The molecule has 17 heavy (non-hydrogen) atoms. The van der Waals surface area contributed by atoms with E-state index in [1.54, 1.807) is 30.3 Å². The van der Waals surface area contributed by atoms with Crippen molar-refractivity contribution in [1.82, 2.24) is 0 Å². The minimum Gasteiger partial charge on any atom is -0.294 e. The Morgan fingerprint density at radius 2 is 2.06 bits per heavy atom. The molecule has 0 unspecified atom stereocenters. The van der Waals surface area contributed by atoms with Gasteiger partial charge in [-0.3, -0.25) is 10.2 Å². The summed E-state index contributed by atoms with van der Waals surface area (Å²) in [5.74, 6) is -0.0540. The number of benzene rings is 1. The molecule has 0 aromatic heterocycles. The van der Waals surface area contributed by atoms with E-state index >= 15 is 0 Å². The highest BCUT2D eigenvalue weighted by atomic mass is 79.9. The van der Waals surface area contributed by atoms with E-state index in [4.69, 9.17) is 10.5 Å². The SMILES string of the molecule is CC(=O)c1ccc(NN=C(C#N)C#N)cc1Br. The lowest BCUT2D eigenvalue weighted by molar-refractivity contribution is 0.101. The van der Waals surface area contributed by atoms with E-state index in [0.717, 1.165) is 0 Å². The van der Waals surface area contributed by atoms with E-state index in [-0.39, 0.29) is 11.5 Å². The van der Waals surface area contributed by atoms with Crippen molar-refractivity contribution in [3.63, 3.8) is 0 Å². The topological polar surface area (TPSA) is 89.0 Å². The van der Waals surface area contributed by atoms with Gasteiger partial charge in [-0.2, -0.15) is 15.6 Å². The summed E-state index contributed by atoms with van der Waals surface area (Å²) in [5, 5.41) is 20.5. The molecule has 1 aromatic carbocycles. The quantitative estimate of drug-likeness (QED) is 0.526. The molecule has 84 valence electrons. The van der Waals surface area contributed by atoms with Crippen molar-refractivity contribution in [3.8, 4) is 12.1 Å². The molecule has 0 atom stereocenters. The molecule has 5 nitrogen and oxygen atoms in total. The van der Waals surface area contributed by atoms with E-state index in [1.807, 2.05) is 0 Å². The summed E-state index contributed by atoms with van der Waals surface area (Å²) < 4.78 is 0.626. The molecule has 0 saturated heterocycles. The van der Waals surface area contributed by atoms with Crippen molar-refractivity contribution < 1.29 is 4.79 Å². The van der Waals surface area contributed by atoms with Crippen LogP contribution in [-0.2, 0) is 0 Å². The van der Waals surface area contributed by atoms with Crippen LogP contribution < -0.4 is 5.43 Å². The normalized spacial score (nSPS) is 8.71. The molecule has 0 heterocycles. The Morgan fingerprint density at radius 3 is 2.53 bits per heavy atom. The number of rotatable bonds is 3. The fraction of sp³-hybridized carbons (Fsp3) is 0.0909. The summed E-state index contributed by atoms with van der Waals surface area (Å²) in [6, 6.07) is 8.16. The summed E-state index contributed by atoms with van der Waals surface area (Å²) in [4.78, 5) is 11.2. The van der Waals surface area contributed by atoms with Gasteiger partial charge in [-0.25, -0.2) is 0 Å². The van der Waals surface area contributed by atoms with E-state index < -0.39 is 0 Å². The van der Waals surface area contributed by atoms with Crippen LogP contribution >= 0.6 is 15.9 Å². The number of nitrogens with one attached hydrogen (secondary N) is 1. The Kier molecular flexibility index (Phi) is 4.38. The lowest BCUT2D eigenvalue weighted by Gasteiger charge is -2.03. The van der Waals surface area contributed by atoms with Gasteiger partial charge in [0.15, 0.2) is 5.78 Å². The molecule has 6 heteroatoms. The van der Waals surface area contributed by atoms with Crippen molar-refractivity contribution in [1.29, 1.82) is 10.5 Å². The second-order valence-corrected chi connectivity index (χ2v) is 3.90. The van der Waals surface area contributed by atoms with Crippen LogP contribution in [-0.4, -0.2) is 11.5 Å². The molecule has 0 amide bonds. The van der Waals surface area contributed by atoms with Crippen LogP contribution in [0.1, 0.15) is 17.3 Å². The smallest absolute Gasteiger partial charge is 0.237 e. The third-order valence-electron chi connectivity index (χ3n) is 1.86. The first kappa shape index (κ1) is 12.9. The molecule has 1 aromatic rings. The minimum atomic E-state index is -0.267. The van der Waals surface area contributed by atoms with Crippen LogP contribution in [0, 0.1) is 22.7 Å². The van der Waals surface area contributed by atoms with Gasteiger partial charge in [0.1, 0.15) is 12.1 Å².